The van der Waals surface area contributed by atoms with Crippen molar-refractivity contribution in [1.29, 1.82) is 0 Å². The number of halogens is 1. The number of anilines is 1. The summed E-state index contributed by atoms with van der Waals surface area (Å²) >= 11 is 6.03. The second kappa shape index (κ2) is 8.15. The molecule has 1 N–H and O–H groups in total. The van der Waals surface area contributed by atoms with Crippen LogP contribution in [0, 0.1) is 0 Å². The zero-order chi connectivity index (χ0) is 18.5. The molecule has 0 fully saturated rings. The third-order valence-electron chi connectivity index (χ3n) is 4.47. The molecule has 134 valence electrons. The standard InChI is InChI=1S/C24H20ClNO/c25-21-10-3-7-19(14-21)17-27-22-11-4-6-18(15-22)16-26-24-13-5-9-20-8-1-2-12-23(20)24/h1-15,26H,16-17H2. The van der Waals surface area contributed by atoms with Gasteiger partial charge in [0.15, 0.2) is 0 Å². The quantitative estimate of drug-likeness (QED) is 0.406. The van der Waals surface area contributed by atoms with Crippen LogP contribution in [-0.2, 0) is 13.2 Å². The molecule has 4 aromatic carbocycles. The predicted molar refractivity (Wildman–Crippen MR) is 114 cm³/mol. The van der Waals surface area contributed by atoms with Crippen molar-refractivity contribution in [1.82, 2.24) is 0 Å². The van der Waals surface area contributed by atoms with Gasteiger partial charge in [-0.05, 0) is 46.8 Å². The molecule has 4 rings (SSSR count). The van der Waals surface area contributed by atoms with Crippen molar-refractivity contribution in [2.24, 2.45) is 0 Å². The molecule has 0 aliphatic heterocycles. The maximum atomic E-state index is 6.03. The second-order valence-electron chi connectivity index (χ2n) is 6.45. The number of rotatable bonds is 6. The number of benzene rings is 4. The predicted octanol–water partition coefficient (Wildman–Crippen LogP) is 6.68. The summed E-state index contributed by atoms with van der Waals surface area (Å²) in [6, 6.07) is 30.6. The van der Waals surface area contributed by atoms with Gasteiger partial charge < -0.3 is 10.1 Å². The molecule has 0 aliphatic carbocycles. The van der Waals surface area contributed by atoms with Crippen LogP contribution in [0.25, 0.3) is 10.8 Å². The molecule has 0 saturated carbocycles. The zero-order valence-electron chi connectivity index (χ0n) is 14.9. The first-order chi connectivity index (χ1) is 13.3. The minimum Gasteiger partial charge on any atom is -0.489 e. The maximum absolute atomic E-state index is 6.03. The van der Waals surface area contributed by atoms with Crippen molar-refractivity contribution in [2.75, 3.05) is 5.32 Å². The molecular weight excluding hydrogens is 354 g/mol. The maximum Gasteiger partial charge on any atom is 0.120 e. The van der Waals surface area contributed by atoms with Crippen molar-refractivity contribution in [3.05, 3.63) is 107 Å². The molecular formula is C24H20ClNO. The lowest BCUT2D eigenvalue weighted by Crippen LogP contribution is -2.01. The van der Waals surface area contributed by atoms with Gasteiger partial charge in [-0.15, -0.1) is 0 Å². The van der Waals surface area contributed by atoms with Crippen LogP contribution in [-0.4, -0.2) is 0 Å². The van der Waals surface area contributed by atoms with E-state index in [2.05, 4.69) is 59.9 Å². The van der Waals surface area contributed by atoms with Crippen molar-refractivity contribution in [2.45, 2.75) is 13.2 Å². The Morgan fingerprint density at radius 3 is 2.44 bits per heavy atom. The summed E-state index contributed by atoms with van der Waals surface area (Å²) in [7, 11) is 0. The lowest BCUT2D eigenvalue weighted by molar-refractivity contribution is 0.306. The average molecular weight is 374 g/mol. The van der Waals surface area contributed by atoms with Gasteiger partial charge in [-0.1, -0.05) is 72.3 Å². The molecule has 0 aromatic heterocycles. The Labute approximate surface area is 164 Å². The molecule has 4 aromatic rings. The first-order valence-corrected chi connectivity index (χ1v) is 9.33. The highest BCUT2D eigenvalue weighted by molar-refractivity contribution is 6.30. The summed E-state index contributed by atoms with van der Waals surface area (Å²) in [5, 5.41) is 6.73. The average Bonchev–Trinajstić information content (AvgIpc) is 2.71. The molecule has 0 aliphatic rings. The minimum atomic E-state index is 0.501. The molecule has 27 heavy (non-hydrogen) atoms. The lowest BCUT2D eigenvalue weighted by Gasteiger charge is -2.12. The van der Waals surface area contributed by atoms with E-state index in [-0.39, 0.29) is 0 Å². The van der Waals surface area contributed by atoms with Gasteiger partial charge >= 0.3 is 0 Å². The molecule has 0 amide bonds. The fraction of sp³-hybridized carbons (Fsp3) is 0.0833. The van der Waals surface area contributed by atoms with Crippen LogP contribution >= 0.6 is 11.6 Å². The third-order valence-corrected chi connectivity index (χ3v) is 4.70. The summed E-state index contributed by atoms with van der Waals surface area (Å²) < 4.78 is 5.92. The normalized spacial score (nSPS) is 10.7. The summed E-state index contributed by atoms with van der Waals surface area (Å²) in [4.78, 5) is 0. The fourth-order valence-corrected chi connectivity index (χ4v) is 3.33. The molecule has 0 spiro atoms. The Balaban J connectivity index is 1.43. The first kappa shape index (κ1) is 17.4. The Bertz CT molecular complexity index is 1060. The van der Waals surface area contributed by atoms with Crippen LogP contribution in [0.15, 0.2) is 91.0 Å². The van der Waals surface area contributed by atoms with Crippen molar-refractivity contribution < 1.29 is 4.74 Å². The Morgan fingerprint density at radius 1 is 0.741 bits per heavy atom. The topological polar surface area (TPSA) is 21.3 Å². The first-order valence-electron chi connectivity index (χ1n) is 8.96. The number of nitrogens with one attached hydrogen (secondary N) is 1. The van der Waals surface area contributed by atoms with E-state index in [1.165, 1.54) is 16.3 Å². The highest BCUT2D eigenvalue weighted by Crippen LogP contribution is 2.24. The molecule has 2 nitrogen and oxygen atoms in total. The molecule has 0 heterocycles. The van der Waals surface area contributed by atoms with Crippen molar-refractivity contribution in [3.8, 4) is 5.75 Å². The number of ether oxygens (including phenoxy) is 1. The highest BCUT2D eigenvalue weighted by atomic mass is 35.5. The molecule has 0 unspecified atom stereocenters. The summed E-state index contributed by atoms with van der Waals surface area (Å²) in [5.41, 5.74) is 3.37. The van der Waals surface area contributed by atoms with E-state index in [4.69, 9.17) is 16.3 Å². The van der Waals surface area contributed by atoms with Crippen LogP contribution in [0.5, 0.6) is 5.75 Å². The van der Waals surface area contributed by atoms with Gasteiger partial charge in [-0.25, -0.2) is 0 Å². The minimum absolute atomic E-state index is 0.501. The number of fused-ring (bicyclic) bond motifs is 1. The van der Waals surface area contributed by atoms with Crippen LogP contribution < -0.4 is 10.1 Å². The van der Waals surface area contributed by atoms with Gasteiger partial charge in [0.05, 0.1) is 0 Å². The zero-order valence-corrected chi connectivity index (χ0v) is 15.6. The Kier molecular flexibility index (Phi) is 5.27. The largest absolute Gasteiger partial charge is 0.489 e. The van der Waals surface area contributed by atoms with Crippen molar-refractivity contribution >= 4 is 28.1 Å². The van der Waals surface area contributed by atoms with E-state index in [1.54, 1.807) is 0 Å². The van der Waals surface area contributed by atoms with E-state index in [0.717, 1.165) is 28.6 Å². The van der Waals surface area contributed by atoms with E-state index in [9.17, 15) is 0 Å². The second-order valence-corrected chi connectivity index (χ2v) is 6.88. The van der Waals surface area contributed by atoms with E-state index >= 15 is 0 Å². The Morgan fingerprint density at radius 2 is 1.52 bits per heavy atom. The number of hydrogen-bond acceptors (Lipinski definition) is 2. The molecule has 0 atom stereocenters. The van der Waals surface area contributed by atoms with Gasteiger partial charge in [0.2, 0.25) is 0 Å². The summed E-state index contributed by atoms with van der Waals surface area (Å²) in [6.07, 6.45) is 0. The van der Waals surface area contributed by atoms with Crippen molar-refractivity contribution in [3.63, 3.8) is 0 Å². The summed E-state index contributed by atoms with van der Waals surface area (Å²) in [5.74, 6) is 0.854. The van der Waals surface area contributed by atoms with E-state index < -0.39 is 0 Å². The van der Waals surface area contributed by atoms with Gasteiger partial charge in [0, 0.05) is 22.6 Å². The molecule has 0 saturated heterocycles. The van der Waals surface area contributed by atoms with Gasteiger partial charge in [-0.3, -0.25) is 0 Å². The van der Waals surface area contributed by atoms with Gasteiger partial charge in [0.25, 0.3) is 0 Å². The van der Waals surface area contributed by atoms with Crippen LogP contribution in [0.4, 0.5) is 5.69 Å². The molecule has 3 heteroatoms. The van der Waals surface area contributed by atoms with Crippen LogP contribution in [0.1, 0.15) is 11.1 Å². The number of hydrogen-bond donors (Lipinski definition) is 1. The monoisotopic (exact) mass is 373 g/mol. The highest BCUT2D eigenvalue weighted by Gasteiger charge is 2.02. The van der Waals surface area contributed by atoms with Crippen LogP contribution in [0.2, 0.25) is 5.02 Å². The molecule has 0 bridgehead atoms. The smallest absolute Gasteiger partial charge is 0.120 e. The van der Waals surface area contributed by atoms with Gasteiger partial charge in [-0.2, -0.15) is 0 Å². The van der Waals surface area contributed by atoms with E-state index in [1.807, 2.05) is 36.4 Å². The fourth-order valence-electron chi connectivity index (χ4n) is 3.12. The third kappa shape index (κ3) is 4.42. The van der Waals surface area contributed by atoms with E-state index in [0.29, 0.717) is 6.61 Å². The Hall–Kier alpha value is -2.97. The lowest BCUT2D eigenvalue weighted by atomic mass is 10.1. The van der Waals surface area contributed by atoms with Crippen LogP contribution in [0.3, 0.4) is 0 Å². The van der Waals surface area contributed by atoms with Gasteiger partial charge in [0.1, 0.15) is 12.4 Å². The SMILES string of the molecule is Clc1cccc(COc2cccc(CNc3cccc4ccccc34)c2)c1. The molecule has 0 radical (unpaired) electrons. The summed E-state index contributed by atoms with van der Waals surface area (Å²) in [6.45, 7) is 1.24.